The molecule has 2 aromatic rings. The van der Waals surface area contributed by atoms with E-state index in [0.29, 0.717) is 32.1 Å². The van der Waals surface area contributed by atoms with Gasteiger partial charge in [-0.1, -0.05) is 15.9 Å². The highest BCUT2D eigenvalue weighted by Crippen LogP contribution is 2.24. The Morgan fingerprint density at radius 1 is 0.857 bits per heavy atom. The highest BCUT2D eigenvalue weighted by Gasteiger charge is 2.34. The van der Waals surface area contributed by atoms with Gasteiger partial charge >= 0.3 is 0 Å². The summed E-state index contributed by atoms with van der Waals surface area (Å²) in [5.41, 5.74) is 0.966. The molecular formula is C19H20BrFN4O2S. The number of halogens is 2. The first-order valence-electron chi connectivity index (χ1n) is 9.03. The summed E-state index contributed by atoms with van der Waals surface area (Å²) in [7, 11) is -3.64. The van der Waals surface area contributed by atoms with Gasteiger partial charge in [0.1, 0.15) is 5.82 Å². The van der Waals surface area contributed by atoms with Crippen LogP contribution >= 0.6 is 15.9 Å². The third-order valence-corrected chi connectivity index (χ3v) is 7.26. The van der Waals surface area contributed by atoms with Crippen LogP contribution in [0, 0.1) is 5.82 Å². The summed E-state index contributed by atoms with van der Waals surface area (Å²) < 4.78 is 41.5. The molecule has 0 N–H and O–H groups in total. The van der Waals surface area contributed by atoms with E-state index in [-0.39, 0.29) is 10.7 Å². The van der Waals surface area contributed by atoms with E-state index >= 15 is 0 Å². The molecule has 28 heavy (non-hydrogen) atoms. The Morgan fingerprint density at radius 2 is 1.46 bits per heavy atom. The minimum absolute atomic E-state index is 0.253. The van der Waals surface area contributed by atoms with Crippen molar-refractivity contribution < 1.29 is 12.8 Å². The van der Waals surface area contributed by atoms with Crippen molar-refractivity contribution in [3.8, 4) is 0 Å². The molecule has 2 aliphatic heterocycles. The van der Waals surface area contributed by atoms with Gasteiger partial charge in [-0.3, -0.25) is 4.99 Å². The Balaban J connectivity index is 1.47. The molecule has 2 heterocycles. The maximum atomic E-state index is 13.1. The van der Waals surface area contributed by atoms with Gasteiger partial charge < -0.3 is 9.80 Å². The molecular weight excluding hydrogens is 447 g/mol. The highest BCUT2D eigenvalue weighted by molar-refractivity contribution is 9.10. The normalized spacial score (nSPS) is 17.8. The first kappa shape index (κ1) is 19.2. The smallest absolute Gasteiger partial charge is 0.266 e. The number of sulfonamides is 1. The van der Waals surface area contributed by atoms with Crippen molar-refractivity contribution in [1.29, 1.82) is 0 Å². The topological polar surface area (TPSA) is 56.2 Å². The number of nitrogens with zero attached hydrogens (tertiary/aromatic N) is 4. The van der Waals surface area contributed by atoms with Crippen molar-refractivity contribution in [2.45, 2.75) is 4.90 Å². The molecule has 6 nitrogen and oxygen atoms in total. The average Bonchev–Trinajstić information content (AvgIpc) is 3.20. The summed E-state index contributed by atoms with van der Waals surface area (Å²) >= 11 is 3.33. The maximum absolute atomic E-state index is 13.1. The molecule has 0 aromatic heterocycles. The first-order valence-corrected chi connectivity index (χ1v) is 11.3. The van der Waals surface area contributed by atoms with Crippen LogP contribution in [0.1, 0.15) is 0 Å². The molecule has 9 heteroatoms. The predicted octanol–water partition coefficient (Wildman–Crippen LogP) is 2.77. The molecule has 1 saturated heterocycles. The fourth-order valence-corrected chi connectivity index (χ4v) is 5.16. The van der Waals surface area contributed by atoms with Crippen LogP contribution in [-0.4, -0.2) is 62.9 Å². The second-order valence-corrected chi connectivity index (χ2v) is 9.44. The number of rotatable bonds is 3. The zero-order valence-corrected chi connectivity index (χ0v) is 17.5. The summed E-state index contributed by atoms with van der Waals surface area (Å²) in [5, 5.41) is 0. The number of hydrogen-bond donors (Lipinski definition) is 0. The number of aliphatic imine (C=N–C) groups is 1. The van der Waals surface area contributed by atoms with Crippen LogP contribution in [0.4, 0.5) is 10.1 Å². The van der Waals surface area contributed by atoms with Crippen LogP contribution in [-0.2, 0) is 10.0 Å². The Morgan fingerprint density at radius 3 is 2.11 bits per heavy atom. The lowest BCUT2D eigenvalue weighted by atomic mass is 10.2. The maximum Gasteiger partial charge on any atom is 0.266 e. The second-order valence-electron chi connectivity index (χ2n) is 6.66. The van der Waals surface area contributed by atoms with E-state index in [4.69, 9.17) is 0 Å². The molecule has 0 spiro atoms. The van der Waals surface area contributed by atoms with E-state index in [2.05, 4.69) is 25.8 Å². The van der Waals surface area contributed by atoms with Crippen LogP contribution in [0.2, 0.25) is 0 Å². The number of guanidine groups is 1. The molecule has 0 atom stereocenters. The zero-order valence-electron chi connectivity index (χ0n) is 15.1. The van der Waals surface area contributed by atoms with E-state index in [1.807, 2.05) is 4.90 Å². The fraction of sp³-hybridized carbons (Fsp3) is 0.316. The van der Waals surface area contributed by atoms with Crippen molar-refractivity contribution in [2.75, 3.05) is 44.2 Å². The largest absolute Gasteiger partial charge is 0.368 e. The molecule has 0 radical (unpaired) electrons. The summed E-state index contributed by atoms with van der Waals surface area (Å²) in [6.07, 6.45) is 0. The summed E-state index contributed by atoms with van der Waals surface area (Å²) in [5.74, 6) is 0.262. The van der Waals surface area contributed by atoms with E-state index in [1.165, 1.54) is 16.4 Å². The Bertz CT molecular complexity index is 972. The number of anilines is 1. The third kappa shape index (κ3) is 3.73. The van der Waals surface area contributed by atoms with E-state index in [9.17, 15) is 12.8 Å². The van der Waals surface area contributed by atoms with Gasteiger partial charge in [-0.25, -0.2) is 17.1 Å². The summed E-state index contributed by atoms with van der Waals surface area (Å²) in [6, 6.07) is 13.1. The van der Waals surface area contributed by atoms with E-state index < -0.39 is 10.0 Å². The third-order valence-electron chi connectivity index (χ3n) is 4.94. The standard InChI is InChI=1S/C19H20BrFN4O2S/c20-15-1-7-18(8-2-15)28(26,27)25-10-9-22-19(25)24-13-11-23(12-14-24)17-5-3-16(21)4-6-17/h1-8H,9-14H2. The van der Waals surface area contributed by atoms with Gasteiger partial charge in [0.2, 0.25) is 5.96 Å². The molecule has 0 unspecified atom stereocenters. The minimum atomic E-state index is -3.64. The second kappa shape index (κ2) is 7.71. The van der Waals surface area contributed by atoms with Gasteiger partial charge in [-0.05, 0) is 48.5 Å². The molecule has 2 aromatic carbocycles. The SMILES string of the molecule is O=S(=O)(c1ccc(Br)cc1)N1CCN=C1N1CCN(c2ccc(F)cc2)CC1. The molecule has 0 aliphatic carbocycles. The predicted molar refractivity (Wildman–Crippen MR) is 111 cm³/mol. The molecule has 148 valence electrons. The van der Waals surface area contributed by atoms with Crippen molar-refractivity contribution in [1.82, 2.24) is 9.21 Å². The van der Waals surface area contributed by atoms with Gasteiger partial charge in [0.25, 0.3) is 10.0 Å². The van der Waals surface area contributed by atoms with Crippen molar-refractivity contribution >= 4 is 37.6 Å². The summed E-state index contributed by atoms with van der Waals surface area (Å²) in [6.45, 7) is 3.56. The van der Waals surface area contributed by atoms with Gasteiger partial charge in [0, 0.05) is 36.3 Å². The van der Waals surface area contributed by atoms with Crippen LogP contribution < -0.4 is 4.90 Å². The van der Waals surface area contributed by atoms with Crippen LogP contribution in [0.15, 0.2) is 62.9 Å². The van der Waals surface area contributed by atoms with E-state index in [0.717, 1.165) is 23.2 Å². The number of hydrogen-bond acceptors (Lipinski definition) is 5. The molecule has 0 bridgehead atoms. The Hall–Kier alpha value is -2.13. The molecule has 2 aliphatic rings. The lowest BCUT2D eigenvalue weighted by Gasteiger charge is -2.38. The zero-order chi connectivity index (χ0) is 19.7. The van der Waals surface area contributed by atoms with Crippen LogP contribution in [0.3, 0.4) is 0 Å². The van der Waals surface area contributed by atoms with E-state index in [1.54, 1.807) is 36.4 Å². The van der Waals surface area contributed by atoms with Crippen LogP contribution in [0.5, 0.6) is 0 Å². The summed E-state index contributed by atoms with van der Waals surface area (Å²) in [4.78, 5) is 8.91. The van der Waals surface area contributed by atoms with Crippen LogP contribution in [0.25, 0.3) is 0 Å². The molecule has 1 fully saturated rings. The first-order chi connectivity index (χ1) is 13.4. The average molecular weight is 467 g/mol. The van der Waals surface area contributed by atoms with Gasteiger partial charge in [0.05, 0.1) is 18.0 Å². The van der Waals surface area contributed by atoms with Crippen molar-refractivity contribution in [3.05, 3.63) is 58.8 Å². The van der Waals surface area contributed by atoms with Crippen molar-refractivity contribution in [3.63, 3.8) is 0 Å². The van der Waals surface area contributed by atoms with Gasteiger partial charge in [-0.15, -0.1) is 0 Å². The molecule has 4 rings (SSSR count). The number of piperazine rings is 1. The number of benzene rings is 2. The highest BCUT2D eigenvalue weighted by atomic mass is 79.9. The Labute approximate surface area is 172 Å². The van der Waals surface area contributed by atoms with Gasteiger partial charge in [-0.2, -0.15) is 0 Å². The molecule has 0 amide bonds. The lowest BCUT2D eigenvalue weighted by molar-refractivity contribution is 0.358. The lowest BCUT2D eigenvalue weighted by Crippen LogP contribution is -2.53. The minimum Gasteiger partial charge on any atom is -0.368 e. The molecule has 0 saturated carbocycles. The Kier molecular flexibility index (Phi) is 5.29. The fourth-order valence-electron chi connectivity index (χ4n) is 3.46. The monoisotopic (exact) mass is 466 g/mol. The van der Waals surface area contributed by atoms with Gasteiger partial charge in [0.15, 0.2) is 0 Å². The quantitative estimate of drug-likeness (QED) is 0.697. The van der Waals surface area contributed by atoms with Crippen molar-refractivity contribution in [2.24, 2.45) is 4.99 Å².